The Balaban J connectivity index is 2.24. The van der Waals surface area contributed by atoms with Gasteiger partial charge in [-0.3, -0.25) is 0 Å². The van der Waals surface area contributed by atoms with Crippen molar-refractivity contribution in [2.45, 2.75) is 18.3 Å². The van der Waals surface area contributed by atoms with Crippen molar-refractivity contribution in [3.05, 3.63) is 23.9 Å². The number of aliphatic hydroxyl groups is 1. The van der Waals surface area contributed by atoms with Crippen LogP contribution < -0.4 is 10.1 Å². The number of methoxy groups -OCH3 is 1. The molecule has 2 rings (SSSR count). The summed E-state index contributed by atoms with van der Waals surface area (Å²) in [4.78, 5) is 4.24. The van der Waals surface area contributed by atoms with Crippen LogP contribution in [0.4, 0.5) is 0 Å². The Labute approximate surface area is 95.7 Å². The van der Waals surface area contributed by atoms with E-state index >= 15 is 0 Å². The van der Waals surface area contributed by atoms with Crippen LogP contribution in [0.5, 0.6) is 5.88 Å². The van der Waals surface area contributed by atoms with Gasteiger partial charge in [0, 0.05) is 30.8 Å². The number of hydrogen-bond donors (Lipinski definition) is 2. The van der Waals surface area contributed by atoms with Gasteiger partial charge in [0.1, 0.15) is 0 Å². The summed E-state index contributed by atoms with van der Waals surface area (Å²) in [5, 5.41) is 12.5. The average Bonchev–Trinajstić information content (AvgIpc) is 2.80. The van der Waals surface area contributed by atoms with Crippen LogP contribution in [0, 0.1) is 0 Å². The summed E-state index contributed by atoms with van der Waals surface area (Å²) >= 11 is 0. The number of nitrogens with one attached hydrogen (secondary N) is 1. The molecule has 0 bridgehead atoms. The maximum Gasteiger partial charge on any atom is 0.212 e. The van der Waals surface area contributed by atoms with Gasteiger partial charge in [-0.1, -0.05) is 6.07 Å². The molecule has 4 nitrogen and oxygen atoms in total. The van der Waals surface area contributed by atoms with Gasteiger partial charge in [-0.15, -0.1) is 0 Å². The number of pyridine rings is 1. The first kappa shape index (κ1) is 11.4. The lowest BCUT2D eigenvalue weighted by Crippen LogP contribution is -2.30. The third-order valence-electron chi connectivity index (χ3n) is 3.39. The van der Waals surface area contributed by atoms with Crippen LogP contribution in [0.25, 0.3) is 0 Å². The van der Waals surface area contributed by atoms with E-state index in [0.29, 0.717) is 5.88 Å². The van der Waals surface area contributed by atoms with Crippen molar-refractivity contribution < 1.29 is 9.84 Å². The number of ether oxygens (including phenoxy) is 1. The molecule has 1 aromatic rings. The summed E-state index contributed by atoms with van der Waals surface area (Å²) in [6.07, 6.45) is 3.71. The molecule has 1 aliphatic heterocycles. The highest BCUT2D eigenvalue weighted by molar-refractivity contribution is 5.28. The van der Waals surface area contributed by atoms with E-state index in [2.05, 4.69) is 16.4 Å². The maximum atomic E-state index is 9.18. The van der Waals surface area contributed by atoms with Gasteiger partial charge >= 0.3 is 0 Å². The number of aromatic nitrogens is 1. The molecular formula is C12H18N2O2. The van der Waals surface area contributed by atoms with Gasteiger partial charge in [-0.25, -0.2) is 4.98 Å². The fourth-order valence-electron chi connectivity index (χ4n) is 2.38. The highest BCUT2D eigenvalue weighted by atomic mass is 16.5. The highest BCUT2D eigenvalue weighted by Crippen LogP contribution is 2.34. The zero-order valence-corrected chi connectivity index (χ0v) is 9.57. The van der Waals surface area contributed by atoms with Crippen LogP contribution in [0.3, 0.4) is 0 Å². The maximum absolute atomic E-state index is 9.18. The van der Waals surface area contributed by atoms with Crippen molar-refractivity contribution in [3.63, 3.8) is 0 Å². The van der Waals surface area contributed by atoms with Crippen LogP contribution in [0.15, 0.2) is 18.3 Å². The lowest BCUT2D eigenvalue weighted by Gasteiger charge is -2.27. The van der Waals surface area contributed by atoms with Crippen molar-refractivity contribution in [3.8, 4) is 5.88 Å². The standard InChI is InChI=1S/C12H18N2O2/c1-16-11-3-2-10(8-14-11)12(5-7-15)4-6-13-9-12/h2-3,8,13,15H,4-7,9H2,1H3/t12-/m0/s1. The molecule has 0 radical (unpaired) electrons. The molecular weight excluding hydrogens is 204 g/mol. The summed E-state index contributed by atoms with van der Waals surface area (Å²) in [5.41, 5.74) is 1.24. The van der Waals surface area contributed by atoms with Crippen LogP contribution in [-0.4, -0.2) is 36.9 Å². The largest absolute Gasteiger partial charge is 0.481 e. The SMILES string of the molecule is COc1ccc([C@]2(CCO)CCNC2)cn1. The quantitative estimate of drug-likeness (QED) is 0.787. The summed E-state index contributed by atoms with van der Waals surface area (Å²) in [7, 11) is 1.61. The fourth-order valence-corrected chi connectivity index (χ4v) is 2.38. The monoisotopic (exact) mass is 222 g/mol. The number of rotatable bonds is 4. The second-order valence-electron chi connectivity index (χ2n) is 4.27. The molecule has 88 valence electrons. The van der Waals surface area contributed by atoms with Crippen molar-refractivity contribution >= 4 is 0 Å². The summed E-state index contributed by atoms with van der Waals surface area (Å²) < 4.78 is 5.05. The molecule has 1 aliphatic rings. The Morgan fingerprint density at radius 3 is 2.94 bits per heavy atom. The molecule has 1 atom stereocenters. The van der Waals surface area contributed by atoms with E-state index in [-0.39, 0.29) is 12.0 Å². The average molecular weight is 222 g/mol. The lowest BCUT2D eigenvalue weighted by atomic mass is 9.78. The van der Waals surface area contributed by atoms with E-state index in [1.54, 1.807) is 7.11 Å². The van der Waals surface area contributed by atoms with E-state index in [1.807, 2.05) is 12.3 Å². The van der Waals surface area contributed by atoms with Gasteiger partial charge in [0.25, 0.3) is 0 Å². The minimum absolute atomic E-state index is 0.0496. The predicted octanol–water partition coefficient (Wildman–Crippen LogP) is 0.704. The van der Waals surface area contributed by atoms with Crippen LogP contribution in [0.2, 0.25) is 0 Å². The van der Waals surface area contributed by atoms with Gasteiger partial charge in [0.05, 0.1) is 7.11 Å². The highest BCUT2D eigenvalue weighted by Gasteiger charge is 2.35. The molecule has 0 spiro atoms. The second-order valence-corrected chi connectivity index (χ2v) is 4.27. The first-order valence-electron chi connectivity index (χ1n) is 5.63. The first-order chi connectivity index (χ1) is 7.80. The molecule has 2 N–H and O–H groups in total. The third-order valence-corrected chi connectivity index (χ3v) is 3.39. The summed E-state index contributed by atoms with van der Waals surface area (Å²) in [6, 6.07) is 3.93. The smallest absolute Gasteiger partial charge is 0.212 e. The minimum atomic E-state index is 0.0496. The van der Waals surface area contributed by atoms with Crippen LogP contribution >= 0.6 is 0 Å². The first-order valence-corrected chi connectivity index (χ1v) is 5.63. The molecule has 1 fully saturated rings. The molecule has 1 saturated heterocycles. The van der Waals surface area contributed by atoms with Crippen molar-refractivity contribution in [2.75, 3.05) is 26.8 Å². The molecule has 16 heavy (non-hydrogen) atoms. The third kappa shape index (κ3) is 2.03. The van der Waals surface area contributed by atoms with Crippen molar-refractivity contribution in [2.24, 2.45) is 0 Å². The zero-order valence-electron chi connectivity index (χ0n) is 9.57. The second kappa shape index (κ2) is 4.80. The van der Waals surface area contributed by atoms with Gasteiger partial charge < -0.3 is 15.2 Å². The molecule has 0 saturated carbocycles. The fraction of sp³-hybridized carbons (Fsp3) is 0.583. The Morgan fingerprint density at radius 1 is 1.56 bits per heavy atom. The van der Waals surface area contributed by atoms with E-state index < -0.39 is 0 Å². The predicted molar refractivity (Wildman–Crippen MR) is 61.7 cm³/mol. The Morgan fingerprint density at radius 2 is 2.44 bits per heavy atom. The van der Waals surface area contributed by atoms with Gasteiger partial charge in [-0.2, -0.15) is 0 Å². The van der Waals surface area contributed by atoms with E-state index in [9.17, 15) is 5.11 Å². The summed E-state index contributed by atoms with van der Waals surface area (Å²) in [5.74, 6) is 0.633. The topological polar surface area (TPSA) is 54.4 Å². The Bertz CT molecular complexity index is 331. The van der Waals surface area contributed by atoms with Gasteiger partial charge in [-0.05, 0) is 24.9 Å². The number of nitrogens with zero attached hydrogens (tertiary/aromatic N) is 1. The van der Waals surface area contributed by atoms with Crippen molar-refractivity contribution in [1.29, 1.82) is 0 Å². The zero-order chi connectivity index (χ0) is 11.4. The van der Waals surface area contributed by atoms with Crippen LogP contribution in [0.1, 0.15) is 18.4 Å². The van der Waals surface area contributed by atoms with Crippen molar-refractivity contribution in [1.82, 2.24) is 10.3 Å². The van der Waals surface area contributed by atoms with E-state index in [4.69, 9.17) is 4.74 Å². The van der Waals surface area contributed by atoms with Gasteiger partial charge in [0.15, 0.2) is 0 Å². The normalized spacial score (nSPS) is 24.6. The molecule has 0 aliphatic carbocycles. The van der Waals surface area contributed by atoms with E-state index in [1.165, 1.54) is 5.56 Å². The number of aliphatic hydroxyl groups excluding tert-OH is 1. The number of hydrogen-bond acceptors (Lipinski definition) is 4. The summed E-state index contributed by atoms with van der Waals surface area (Å²) in [6.45, 7) is 2.14. The molecule has 0 unspecified atom stereocenters. The lowest BCUT2D eigenvalue weighted by molar-refractivity contribution is 0.243. The molecule has 1 aromatic heterocycles. The minimum Gasteiger partial charge on any atom is -0.481 e. The molecule has 0 amide bonds. The Hall–Kier alpha value is -1.13. The molecule has 2 heterocycles. The van der Waals surface area contributed by atoms with Gasteiger partial charge in [0.2, 0.25) is 5.88 Å². The van der Waals surface area contributed by atoms with E-state index in [0.717, 1.165) is 25.9 Å². The van der Waals surface area contributed by atoms with Crippen LogP contribution in [-0.2, 0) is 5.41 Å². The Kier molecular flexibility index (Phi) is 3.41. The molecule has 4 heteroatoms. The molecule has 0 aromatic carbocycles.